The molecule has 0 saturated heterocycles. The maximum Gasteiger partial charge on any atom is -0.0412 e. The average molecular weight is 140 g/mol. The second-order valence-electron chi connectivity index (χ2n) is 3.74. The first kappa shape index (κ1) is 8.10. The van der Waals surface area contributed by atoms with Crippen LogP contribution in [-0.2, 0) is 0 Å². The maximum absolute atomic E-state index is 2.33. The predicted octanol–water partition coefficient (Wildman–Crippen LogP) is 3.61. The molecule has 1 saturated carbocycles. The van der Waals surface area contributed by atoms with E-state index in [0.717, 1.165) is 11.8 Å². The Kier molecular flexibility index (Phi) is 3.24. The fourth-order valence-corrected chi connectivity index (χ4v) is 2.22. The zero-order valence-corrected chi connectivity index (χ0v) is 7.40. The smallest absolute Gasteiger partial charge is 0.0412 e. The van der Waals surface area contributed by atoms with Crippen LogP contribution in [0.15, 0.2) is 0 Å². The summed E-state index contributed by atoms with van der Waals surface area (Å²) in [5.41, 5.74) is 0. The van der Waals surface area contributed by atoms with E-state index in [1.165, 1.54) is 38.5 Å². The highest BCUT2D eigenvalue weighted by Gasteiger charge is 2.21. The fourth-order valence-electron chi connectivity index (χ4n) is 2.22. The molecule has 10 heavy (non-hydrogen) atoms. The van der Waals surface area contributed by atoms with Gasteiger partial charge >= 0.3 is 0 Å². The monoisotopic (exact) mass is 140 g/mol. The van der Waals surface area contributed by atoms with Gasteiger partial charge in [0.1, 0.15) is 0 Å². The van der Waals surface area contributed by atoms with E-state index in [2.05, 4.69) is 13.8 Å². The molecule has 0 aliphatic heterocycles. The van der Waals surface area contributed by atoms with Gasteiger partial charge in [0.05, 0.1) is 0 Å². The van der Waals surface area contributed by atoms with Crippen LogP contribution in [0.5, 0.6) is 0 Å². The molecule has 0 heteroatoms. The summed E-state index contributed by atoms with van der Waals surface area (Å²) in [6.07, 6.45) is 8.86. The van der Waals surface area contributed by atoms with Crippen LogP contribution >= 0.6 is 0 Å². The van der Waals surface area contributed by atoms with Gasteiger partial charge in [-0.05, 0) is 18.3 Å². The lowest BCUT2D eigenvalue weighted by atomic mass is 9.99. The van der Waals surface area contributed by atoms with Gasteiger partial charge in [0.15, 0.2) is 0 Å². The van der Waals surface area contributed by atoms with Crippen LogP contribution in [0.3, 0.4) is 0 Å². The molecule has 0 N–H and O–H groups in total. The summed E-state index contributed by atoms with van der Waals surface area (Å²) < 4.78 is 0. The normalized spacial score (nSPS) is 33.0. The van der Waals surface area contributed by atoms with Gasteiger partial charge in [-0.25, -0.2) is 0 Å². The zero-order chi connectivity index (χ0) is 7.40. The van der Waals surface area contributed by atoms with Crippen LogP contribution in [0.2, 0.25) is 0 Å². The van der Waals surface area contributed by atoms with E-state index in [1.54, 1.807) is 0 Å². The molecule has 0 radical (unpaired) electrons. The Morgan fingerprint density at radius 1 is 1.10 bits per heavy atom. The number of hydrogen-bond donors (Lipinski definition) is 0. The summed E-state index contributed by atoms with van der Waals surface area (Å²) in [7, 11) is 0. The molecule has 0 amide bonds. The van der Waals surface area contributed by atoms with E-state index in [0.29, 0.717) is 0 Å². The summed E-state index contributed by atoms with van der Waals surface area (Å²) in [6.45, 7) is 4.64. The van der Waals surface area contributed by atoms with Crippen LogP contribution in [0.25, 0.3) is 0 Å². The van der Waals surface area contributed by atoms with Crippen molar-refractivity contribution in [1.29, 1.82) is 0 Å². The van der Waals surface area contributed by atoms with E-state index >= 15 is 0 Å². The van der Waals surface area contributed by atoms with Gasteiger partial charge < -0.3 is 0 Å². The highest BCUT2D eigenvalue weighted by atomic mass is 14.3. The third kappa shape index (κ3) is 2.00. The molecular formula is C10H20. The van der Waals surface area contributed by atoms with Crippen molar-refractivity contribution in [3.05, 3.63) is 0 Å². The summed E-state index contributed by atoms with van der Waals surface area (Å²) >= 11 is 0. The molecule has 60 valence electrons. The van der Waals surface area contributed by atoms with Gasteiger partial charge in [0.25, 0.3) is 0 Å². The maximum atomic E-state index is 2.33. The lowest BCUT2D eigenvalue weighted by molar-refractivity contribution is 0.453. The van der Waals surface area contributed by atoms with Crippen molar-refractivity contribution in [3.63, 3.8) is 0 Å². The van der Waals surface area contributed by atoms with Crippen molar-refractivity contribution in [2.24, 2.45) is 11.8 Å². The minimum Gasteiger partial charge on any atom is -0.0654 e. The summed E-state index contributed by atoms with van der Waals surface area (Å²) in [5, 5.41) is 0. The van der Waals surface area contributed by atoms with Crippen molar-refractivity contribution >= 4 is 0 Å². The Bertz CT molecular complexity index is 86.0. The Morgan fingerprint density at radius 2 is 1.80 bits per heavy atom. The lowest BCUT2D eigenvalue weighted by Crippen LogP contribution is -1.94. The van der Waals surface area contributed by atoms with Crippen molar-refractivity contribution in [2.75, 3.05) is 0 Å². The Balaban J connectivity index is 2.15. The van der Waals surface area contributed by atoms with Gasteiger partial charge in [-0.1, -0.05) is 46.0 Å². The second-order valence-corrected chi connectivity index (χ2v) is 3.74. The van der Waals surface area contributed by atoms with Crippen LogP contribution in [0, 0.1) is 11.8 Å². The fraction of sp³-hybridized carbons (Fsp3) is 1.00. The van der Waals surface area contributed by atoms with Crippen LogP contribution < -0.4 is 0 Å². The Labute approximate surface area is 65.0 Å². The van der Waals surface area contributed by atoms with E-state index in [-0.39, 0.29) is 0 Å². The SMILES string of the molecule is CCCC1CC[C@@H](CC)C1. The van der Waals surface area contributed by atoms with Crippen LogP contribution in [0.1, 0.15) is 52.4 Å². The first-order chi connectivity index (χ1) is 4.86. The largest absolute Gasteiger partial charge is 0.0654 e. The quantitative estimate of drug-likeness (QED) is 0.561. The van der Waals surface area contributed by atoms with Crippen LogP contribution in [-0.4, -0.2) is 0 Å². The molecule has 1 unspecified atom stereocenters. The summed E-state index contributed by atoms with van der Waals surface area (Å²) in [6, 6.07) is 0. The molecule has 1 rings (SSSR count). The topological polar surface area (TPSA) is 0 Å². The second kappa shape index (κ2) is 4.00. The molecule has 0 aromatic heterocycles. The summed E-state index contributed by atoms with van der Waals surface area (Å²) in [5.74, 6) is 2.17. The molecule has 0 heterocycles. The number of hydrogen-bond acceptors (Lipinski definition) is 0. The Hall–Kier alpha value is 0. The van der Waals surface area contributed by atoms with Crippen molar-refractivity contribution < 1.29 is 0 Å². The van der Waals surface area contributed by atoms with Gasteiger partial charge in [0, 0.05) is 0 Å². The average Bonchev–Trinajstić information content (AvgIpc) is 2.37. The molecule has 2 atom stereocenters. The Morgan fingerprint density at radius 3 is 2.30 bits per heavy atom. The van der Waals surface area contributed by atoms with E-state index in [4.69, 9.17) is 0 Å². The van der Waals surface area contributed by atoms with Crippen molar-refractivity contribution in [1.82, 2.24) is 0 Å². The van der Waals surface area contributed by atoms with E-state index in [9.17, 15) is 0 Å². The first-order valence-corrected chi connectivity index (χ1v) is 4.86. The molecule has 0 nitrogen and oxygen atoms in total. The van der Waals surface area contributed by atoms with Gasteiger partial charge in [-0.3, -0.25) is 0 Å². The molecule has 1 aliphatic rings. The summed E-state index contributed by atoms with van der Waals surface area (Å²) in [4.78, 5) is 0. The van der Waals surface area contributed by atoms with Crippen molar-refractivity contribution in [3.8, 4) is 0 Å². The predicted molar refractivity (Wildman–Crippen MR) is 46.0 cm³/mol. The molecule has 0 aromatic carbocycles. The minimum absolute atomic E-state index is 1.08. The molecule has 0 bridgehead atoms. The van der Waals surface area contributed by atoms with Crippen molar-refractivity contribution in [2.45, 2.75) is 52.4 Å². The standard InChI is InChI=1S/C10H20/c1-3-5-10-7-6-9(4-2)8-10/h9-10H,3-8H2,1-2H3/t9-,10?/m1/s1. The van der Waals surface area contributed by atoms with Crippen LogP contribution in [0.4, 0.5) is 0 Å². The highest BCUT2D eigenvalue weighted by Crippen LogP contribution is 2.35. The minimum atomic E-state index is 1.08. The zero-order valence-electron chi connectivity index (χ0n) is 7.40. The van der Waals surface area contributed by atoms with E-state index < -0.39 is 0 Å². The molecule has 1 aliphatic carbocycles. The molecule has 0 spiro atoms. The van der Waals surface area contributed by atoms with Gasteiger partial charge in [-0.2, -0.15) is 0 Å². The third-order valence-electron chi connectivity index (χ3n) is 2.92. The lowest BCUT2D eigenvalue weighted by Gasteiger charge is -2.07. The van der Waals surface area contributed by atoms with Gasteiger partial charge in [-0.15, -0.1) is 0 Å². The third-order valence-corrected chi connectivity index (χ3v) is 2.92. The highest BCUT2D eigenvalue weighted by molar-refractivity contribution is 4.73. The molecule has 1 fully saturated rings. The van der Waals surface area contributed by atoms with E-state index in [1.807, 2.05) is 0 Å². The van der Waals surface area contributed by atoms with Gasteiger partial charge in [0.2, 0.25) is 0 Å². The number of rotatable bonds is 3. The molecular weight excluding hydrogens is 120 g/mol. The molecule has 0 aromatic rings. The first-order valence-electron chi connectivity index (χ1n) is 4.86.